The molecule has 108 valence electrons. The lowest BCUT2D eigenvalue weighted by Crippen LogP contribution is -2.25. The summed E-state index contributed by atoms with van der Waals surface area (Å²) in [6.45, 7) is 7.90. The molecular weight excluding hydrogens is 248 g/mol. The van der Waals surface area contributed by atoms with Gasteiger partial charge in [0.05, 0.1) is 11.4 Å². The summed E-state index contributed by atoms with van der Waals surface area (Å²) in [5, 5.41) is 3.56. The standard InChI is InChI=1S/C16H24N4/c1-14-15(20-12-3-2-7-16(20)18-14)13-17-8-6-11-19-9-4-5-10-19/h2-3,7,12,17H,4-6,8-11,13H2,1H3. The second kappa shape index (κ2) is 6.37. The van der Waals surface area contributed by atoms with E-state index in [0.717, 1.165) is 24.4 Å². The van der Waals surface area contributed by atoms with E-state index < -0.39 is 0 Å². The molecule has 2 aromatic heterocycles. The minimum Gasteiger partial charge on any atom is -0.311 e. The van der Waals surface area contributed by atoms with Crippen LogP contribution < -0.4 is 5.32 Å². The van der Waals surface area contributed by atoms with Crippen LogP contribution in [0.25, 0.3) is 5.65 Å². The minimum absolute atomic E-state index is 0.900. The van der Waals surface area contributed by atoms with Gasteiger partial charge >= 0.3 is 0 Å². The maximum atomic E-state index is 4.59. The summed E-state index contributed by atoms with van der Waals surface area (Å²) in [6, 6.07) is 6.16. The van der Waals surface area contributed by atoms with Crippen LogP contribution >= 0.6 is 0 Å². The van der Waals surface area contributed by atoms with E-state index in [1.165, 1.54) is 44.6 Å². The smallest absolute Gasteiger partial charge is 0.137 e. The molecule has 0 aliphatic carbocycles. The van der Waals surface area contributed by atoms with Gasteiger partial charge in [-0.3, -0.25) is 0 Å². The van der Waals surface area contributed by atoms with Gasteiger partial charge in [-0.2, -0.15) is 0 Å². The predicted octanol–water partition coefficient (Wildman–Crippen LogP) is 2.22. The SMILES string of the molecule is Cc1nc2ccccn2c1CNCCCN1CCCC1. The van der Waals surface area contributed by atoms with E-state index >= 15 is 0 Å². The van der Waals surface area contributed by atoms with Gasteiger partial charge in [0.1, 0.15) is 5.65 Å². The largest absolute Gasteiger partial charge is 0.311 e. The van der Waals surface area contributed by atoms with Crippen molar-refractivity contribution < 1.29 is 0 Å². The topological polar surface area (TPSA) is 32.6 Å². The fraction of sp³-hybridized carbons (Fsp3) is 0.562. The van der Waals surface area contributed by atoms with E-state index in [1.807, 2.05) is 6.07 Å². The normalized spacial score (nSPS) is 16.2. The number of rotatable bonds is 6. The fourth-order valence-electron chi connectivity index (χ4n) is 3.02. The third-order valence-electron chi connectivity index (χ3n) is 4.15. The van der Waals surface area contributed by atoms with Crippen LogP contribution in [0.1, 0.15) is 30.7 Å². The molecule has 4 heteroatoms. The number of hydrogen-bond acceptors (Lipinski definition) is 3. The number of aromatic nitrogens is 2. The maximum Gasteiger partial charge on any atom is 0.137 e. The molecule has 0 spiro atoms. The Balaban J connectivity index is 1.48. The summed E-state index contributed by atoms with van der Waals surface area (Å²) in [7, 11) is 0. The molecule has 0 bridgehead atoms. The third-order valence-corrected chi connectivity index (χ3v) is 4.15. The van der Waals surface area contributed by atoms with Gasteiger partial charge in [0, 0.05) is 12.7 Å². The molecule has 1 saturated heterocycles. The quantitative estimate of drug-likeness (QED) is 0.818. The molecule has 1 aliphatic heterocycles. The van der Waals surface area contributed by atoms with E-state index in [1.54, 1.807) is 0 Å². The van der Waals surface area contributed by atoms with E-state index in [2.05, 4.69) is 44.9 Å². The maximum absolute atomic E-state index is 4.59. The van der Waals surface area contributed by atoms with Gasteiger partial charge in [-0.15, -0.1) is 0 Å². The van der Waals surface area contributed by atoms with Crippen LogP contribution in [-0.2, 0) is 6.54 Å². The van der Waals surface area contributed by atoms with E-state index in [0.29, 0.717) is 0 Å². The number of nitrogens with one attached hydrogen (secondary N) is 1. The number of nitrogens with zero attached hydrogens (tertiary/aromatic N) is 3. The van der Waals surface area contributed by atoms with Gasteiger partial charge in [0.2, 0.25) is 0 Å². The van der Waals surface area contributed by atoms with Crippen molar-refractivity contribution in [3.05, 3.63) is 35.8 Å². The van der Waals surface area contributed by atoms with Gasteiger partial charge in [0.25, 0.3) is 0 Å². The highest BCUT2D eigenvalue weighted by atomic mass is 15.1. The molecule has 0 saturated carbocycles. The van der Waals surface area contributed by atoms with Crippen molar-refractivity contribution in [1.29, 1.82) is 0 Å². The first-order chi connectivity index (χ1) is 9.84. The second-order valence-electron chi connectivity index (χ2n) is 5.65. The Bertz CT molecular complexity index is 555. The van der Waals surface area contributed by atoms with Gasteiger partial charge in [-0.05, 0) is 64.5 Å². The second-order valence-corrected chi connectivity index (χ2v) is 5.65. The highest BCUT2D eigenvalue weighted by Gasteiger charge is 2.10. The molecule has 3 rings (SSSR count). The Morgan fingerprint density at radius 2 is 2.10 bits per heavy atom. The van der Waals surface area contributed by atoms with Crippen LogP contribution in [0.3, 0.4) is 0 Å². The highest BCUT2D eigenvalue weighted by Crippen LogP contribution is 2.11. The summed E-state index contributed by atoms with van der Waals surface area (Å²) in [4.78, 5) is 7.16. The van der Waals surface area contributed by atoms with Crippen molar-refractivity contribution in [2.75, 3.05) is 26.2 Å². The van der Waals surface area contributed by atoms with Crippen molar-refractivity contribution in [3.8, 4) is 0 Å². The van der Waals surface area contributed by atoms with Crippen molar-refractivity contribution in [2.45, 2.75) is 32.7 Å². The van der Waals surface area contributed by atoms with Gasteiger partial charge in [-0.1, -0.05) is 6.07 Å². The third kappa shape index (κ3) is 3.02. The molecular formula is C16H24N4. The molecule has 1 fully saturated rings. The van der Waals surface area contributed by atoms with Crippen LogP contribution in [-0.4, -0.2) is 40.5 Å². The van der Waals surface area contributed by atoms with Crippen LogP contribution in [0.4, 0.5) is 0 Å². The zero-order valence-electron chi connectivity index (χ0n) is 12.3. The van der Waals surface area contributed by atoms with Gasteiger partial charge in [-0.25, -0.2) is 4.98 Å². The van der Waals surface area contributed by atoms with Crippen LogP contribution in [0.2, 0.25) is 0 Å². The fourth-order valence-corrected chi connectivity index (χ4v) is 3.02. The van der Waals surface area contributed by atoms with Crippen molar-refractivity contribution in [1.82, 2.24) is 19.6 Å². The molecule has 3 heterocycles. The van der Waals surface area contributed by atoms with E-state index in [9.17, 15) is 0 Å². The Morgan fingerprint density at radius 1 is 1.25 bits per heavy atom. The molecule has 1 N–H and O–H groups in total. The van der Waals surface area contributed by atoms with Crippen molar-refractivity contribution in [3.63, 3.8) is 0 Å². The predicted molar refractivity (Wildman–Crippen MR) is 81.9 cm³/mol. The van der Waals surface area contributed by atoms with Gasteiger partial charge in [0.15, 0.2) is 0 Å². The van der Waals surface area contributed by atoms with Crippen LogP contribution in [0, 0.1) is 6.92 Å². The first kappa shape index (κ1) is 13.6. The zero-order chi connectivity index (χ0) is 13.8. The van der Waals surface area contributed by atoms with Gasteiger partial charge < -0.3 is 14.6 Å². The first-order valence-corrected chi connectivity index (χ1v) is 7.70. The Morgan fingerprint density at radius 3 is 2.95 bits per heavy atom. The van der Waals surface area contributed by atoms with E-state index in [4.69, 9.17) is 0 Å². The number of pyridine rings is 1. The Hall–Kier alpha value is -1.39. The van der Waals surface area contributed by atoms with Crippen LogP contribution in [0.15, 0.2) is 24.4 Å². The molecule has 4 nitrogen and oxygen atoms in total. The van der Waals surface area contributed by atoms with E-state index in [-0.39, 0.29) is 0 Å². The summed E-state index contributed by atoms with van der Waals surface area (Å²) in [6.07, 6.45) is 6.09. The number of fused-ring (bicyclic) bond motifs is 1. The lowest BCUT2D eigenvalue weighted by molar-refractivity contribution is 0.331. The highest BCUT2D eigenvalue weighted by molar-refractivity contribution is 5.42. The van der Waals surface area contributed by atoms with Crippen molar-refractivity contribution in [2.24, 2.45) is 0 Å². The Kier molecular flexibility index (Phi) is 4.33. The molecule has 0 amide bonds. The lowest BCUT2D eigenvalue weighted by Gasteiger charge is -2.14. The molecule has 1 aliphatic rings. The number of aryl methyl sites for hydroxylation is 1. The molecule has 0 radical (unpaired) electrons. The molecule has 20 heavy (non-hydrogen) atoms. The average Bonchev–Trinajstić information content (AvgIpc) is 3.06. The Labute approximate surface area is 120 Å². The molecule has 0 unspecified atom stereocenters. The first-order valence-electron chi connectivity index (χ1n) is 7.70. The summed E-state index contributed by atoms with van der Waals surface area (Å²) < 4.78 is 2.18. The van der Waals surface area contributed by atoms with Crippen molar-refractivity contribution >= 4 is 5.65 Å². The van der Waals surface area contributed by atoms with Crippen LogP contribution in [0.5, 0.6) is 0 Å². The number of imidazole rings is 1. The summed E-state index contributed by atoms with van der Waals surface area (Å²) in [5.74, 6) is 0. The lowest BCUT2D eigenvalue weighted by atomic mass is 10.3. The number of likely N-dealkylation sites (tertiary alicyclic amines) is 1. The average molecular weight is 272 g/mol. The summed E-state index contributed by atoms with van der Waals surface area (Å²) in [5.41, 5.74) is 3.45. The molecule has 2 aromatic rings. The number of hydrogen-bond donors (Lipinski definition) is 1. The zero-order valence-corrected chi connectivity index (χ0v) is 12.3. The summed E-state index contributed by atoms with van der Waals surface area (Å²) >= 11 is 0. The molecule has 0 aromatic carbocycles. The molecule has 0 atom stereocenters. The minimum atomic E-state index is 0.900. The monoisotopic (exact) mass is 272 g/mol.